The van der Waals surface area contributed by atoms with Gasteiger partial charge < -0.3 is 15.2 Å². The molecule has 0 spiro atoms. The molecule has 2 aromatic rings. The monoisotopic (exact) mass is 293 g/mol. The predicted octanol–water partition coefficient (Wildman–Crippen LogP) is 3.61. The smallest absolute Gasteiger partial charge is 0.387 e. The maximum absolute atomic E-state index is 12.1. The number of aliphatic hydroxyl groups excluding tert-OH is 1. The molecule has 0 aromatic heterocycles. The number of alkyl halides is 2. The van der Waals surface area contributed by atoms with E-state index in [-0.39, 0.29) is 12.4 Å². The van der Waals surface area contributed by atoms with Crippen LogP contribution in [0.3, 0.4) is 0 Å². The lowest BCUT2D eigenvalue weighted by atomic mass is 9.92. The SMILES string of the molecule is CC(CO)(Nc1ccccc1)c1ccc(OC(F)F)cc1. The Balaban J connectivity index is 2.19. The number of hydrogen-bond donors (Lipinski definition) is 2. The molecule has 0 amide bonds. The number of halogens is 2. The molecule has 1 unspecified atom stereocenters. The van der Waals surface area contributed by atoms with E-state index in [1.165, 1.54) is 12.1 Å². The Labute approximate surface area is 122 Å². The number of nitrogens with one attached hydrogen (secondary N) is 1. The largest absolute Gasteiger partial charge is 0.435 e. The second-order valence-corrected chi connectivity index (χ2v) is 4.88. The van der Waals surface area contributed by atoms with Gasteiger partial charge in [0.05, 0.1) is 12.1 Å². The van der Waals surface area contributed by atoms with Crippen molar-refractivity contribution in [2.75, 3.05) is 11.9 Å². The zero-order chi connectivity index (χ0) is 15.3. The first kappa shape index (κ1) is 15.3. The zero-order valence-electron chi connectivity index (χ0n) is 11.6. The van der Waals surface area contributed by atoms with Crippen molar-refractivity contribution in [1.82, 2.24) is 0 Å². The van der Waals surface area contributed by atoms with Gasteiger partial charge in [-0.1, -0.05) is 30.3 Å². The molecule has 0 bridgehead atoms. The second kappa shape index (κ2) is 6.54. The minimum atomic E-state index is -2.84. The molecule has 0 aliphatic carbocycles. The number of anilines is 1. The van der Waals surface area contributed by atoms with Crippen molar-refractivity contribution in [3.05, 3.63) is 60.2 Å². The molecule has 0 saturated heterocycles. The van der Waals surface area contributed by atoms with Crippen LogP contribution in [0.15, 0.2) is 54.6 Å². The summed E-state index contributed by atoms with van der Waals surface area (Å²) in [6.45, 7) is -1.15. The minimum Gasteiger partial charge on any atom is -0.435 e. The second-order valence-electron chi connectivity index (χ2n) is 4.88. The van der Waals surface area contributed by atoms with Gasteiger partial charge in [-0.3, -0.25) is 0 Å². The first-order valence-corrected chi connectivity index (χ1v) is 6.53. The lowest BCUT2D eigenvalue weighted by Crippen LogP contribution is -2.35. The van der Waals surface area contributed by atoms with E-state index in [0.717, 1.165) is 11.3 Å². The zero-order valence-corrected chi connectivity index (χ0v) is 11.6. The van der Waals surface area contributed by atoms with Crippen LogP contribution in [-0.2, 0) is 5.54 Å². The fraction of sp³-hybridized carbons (Fsp3) is 0.250. The van der Waals surface area contributed by atoms with Crippen molar-refractivity contribution in [3.63, 3.8) is 0 Å². The molecule has 5 heteroatoms. The Morgan fingerprint density at radius 3 is 2.24 bits per heavy atom. The van der Waals surface area contributed by atoms with Gasteiger partial charge in [0.15, 0.2) is 0 Å². The predicted molar refractivity (Wildman–Crippen MR) is 77.6 cm³/mol. The van der Waals surface area contributed by atoms with E-state index in [1.807, 2.05) is 37.3 Å². The van der Waals surface area contributed by atoms with Gasteiger partial charge in [-0.05, 0) is 36.8 Å². The number of rotatable bonds is 6. The summed E-state index contributed by atoms with van der Waals surface area (Å²) in [5.74, 6) is 0.0914. The average molecular weight is 293 g/mol. The third-order valence-corrected chi connectivity index (χ3v) is 3.23. The van der Waals surface area contributed by atoms with E-state index in [2.05, 4.69) is 10.1 Å². The average Bonchev–Trinajstić information content (AvgIpc) is 2.48. The Morgan fingerprint density at radius 2 is 1.71 bits per heavy atom. The molecule has 0 aliphatic rings. The molecule has 21 heavy (non-hydrogen) atoms. The lowest BCUT2D eigenvalue weighted by Gasteiger charge is -2.30. The highest BCUT2D eigenvalue weighted by Gasteiger charge is 2.25. The number of hydrogen-bond acceptors (Lipinski definition) is 3. The summed E-state index contributed by atoms with van der Waals surface area (Å²) < 4.78 is 28.6. The highest BCUT2D eigenvalue weighted by Crippen LogP contribution is 2.27. The Hall–Kier alpha value is -2.14. The molecule has 0 saturated carbocycles. The van der Waals surface area contributed by atoms with Gasteiger partial charge in [0, 0.05) is 5.69 Å². The molecule has 2 N–H and O–H groups in total. The maximum Gasteiger partial charge on any atom is 0.387 e. The normalized spacial score (nSPS) is 13.8. The summed E-state index contributed by atoms with van der Waals surface area (Å²) in [5.41, 5.74) is 0.919. The fourth-order valence-corrected chi connectivity index (χ4v) is 2.05. The van der Waals surface area contributed by atoms with Crippen LogP contribution >= 0.6 is 0 Å². The molecule has 2 rings (SSSR count). The summed E-state index contributed by atoms with van der Waals surface area (Å²) in [7, 11) is 0. The van der Waals surface area contributed by atoms with Gasteiger partial charge in [-0.25, -0.2) is 0 Å². The first-order chi connectivity index (χ1) is 10.0. The van der Waals surface area contributed by atoms with E-state index in [1.54, 1.807) is 12.1 Å². The minimum absolute atomic E-state index is 0.0914. The summed E-state index contributed by atoms with van der Waals surface area (Å²) in [5, 5.41) is 12.9. The van der Waals surface area contributed by atoms with Crippen molar-refractivity contribution < 1.29 is 18.6 Å². The van der Waals surface area contributed by atoms with Crippen LogP contribution in [0, 0.1) is 0 Å². The number of aliphatic hydroxyl groups is 1. The lowest BCUT2D eigenvalue weighted by molar-refractivity contribution is -0.0498. The van der Waals surface area contributed by atoms with Crippen molar-refractivity contribution in [2.45, 2.75) is 19.1 Å². The third-order valence-electron chi connectivity index (χ3n) is 3.23. The molecule has 0 radical (unpaired) electrons. The molecule has 0 aliphatic heterocycles. The van der Waals surface area contributed by atoms with Gasteiger partial charge in [-0.2, -0.15) is 8.78 Å². The summed E-state index contributed by atoms with van der Waals surface area (Å²) in [6, 6.07) is 15.7. The Kier molecular flexibility index (Phi) is 4.75. The van der Waals surface area contributed by atoms with Crippen LogP contribution in [0.4, 0.5) is 14.5 Å². The van der Waals surface area contributed by atoms with Gasteiger partial charge in [-0.15, -0.1) is 0 Å². The topological polar surface area (TPSA) is 41.5 Å². The molecule has 0 fully saturated rings. The van der Waals surface area contributed by atoms with E-state index >= 15 is 0 Å². The van der Waals surface area contributed by atoms with E-state index in [4.69, 9.17) is 0 Å². The van der Waals surface area contributed by atoms with Crippen LogP contribution < -0.4 is 10.1 Å². The molecule has 1 atom stereocenters. The third kappa shape index (κ3) is 3.92. The van der Waals surface area contributed by atoms with Crippen LogP contribution in [0.25, 0.3) is 0 Å². The van der Waals surface area contributed by atoms with Crippen LogP contribution in [0.5, 0.6) is 5.75 Å². The van der Waals surface area contributed by atoms with Crippen LogP contribution in [-0.4, -0.2) is 18.3 Å². The summed E-state index contributed by atoms with van der Waals surface area (Å²) in [4.78, 5) is 0. The first-order valence-electron chi connectivity index (χ1n) is 6.53. The number of benzene rings is 2. The van der Waals surface area contributed by atoms with Crippen molar-refractivity contribution in [2.24, 2.45) is 0 Å². The van der Waals surface area contributed by atoms with Gasteiger partial charge >= 0.3 is 6.61 Å². The van der Waals surface area contributed by atoms with Crippen molar-refractivity contribution in [1.29, 1.82) is 0 Å². The van der Waals surface area contributed by atoms with E-state index in [0.29, 0.717) is 0 Å². The van der Waals surface area contributed by atoms with Crippen LogP contribution in [0.1, 0.15) is 12.5 Å². The highest BCUT2D eigenvalue weighted by molar-refractivity contribution is 5.48. The quantitative estimate of drug-likeness (QED) is 0.855. The molecule has 0 heterocycles. The standard InChI is InChI=1S/C16H17F2NO2/c1-16(11-20,19-13-5-3-2-4-6-13)12-7-9-14(10-8-12)21-15(17)18/h2-10,15,19-20H,11H2,1H3. The number of para-hydroxylation sites is 1. The van der Waals surface area contributed by atoms with Crippen molar-refractivity contribution in [3.8, 4) is 5.75 Å². The van der Waals surface area contributed by atoms with Crippen LogP contribution in [0.2, 0.25) is 0 Å². The molecule has 112 valence electrons. The van der Waals surface area contributed by atoms with Gasteiger partial charge in [0.2, 0.25) is 0 Å². The van der Waals surface area contributed by atoms with E-state index in [9.17, 15) is 13.9 Å². The summed E-state index contributed by atoms with van der Waals surface area (Å²) in [6.07, 6.45) is 0. The Bertz CT molecular complexity index is 560. The fourth-order valence-electron chi connectivity index (χ4n) is 2.05. The Morgan fingerprint density at radius 1 is 1.10 bits per heavy atom. The maximum atomic E-state index is 12.1. The molecule has 3 nitrogen and oxygen atoms in total. The van der Waals surface area contributed by atoms with E-state index < -0.39 is 12.2 Å². The molecular weight excluding hydrogens is 276 g/mol. The molecular formula is C16H17F2NO2. The molecule has 2 aromatic carbocycles. The number of ether oxygens (including phenoxy) is 1. The van der Waals surface area contributed by atoms with Gasteiger partial charge in [0.1, 0.15) is 5.75 Å². The summed E-state index contributed by atoms with van der Waals surface area (Å²) >= 11 is 0. The highest BCUT2D eigenvalue weighted by atomic mass is 19.3. The van der Waals surface area contributed by atoms with Gasteiger partial charge in [0.25, 0.3) is 0 Å². The van der Waals surface area contributed by atoms with Crippen molar-refractivity contribution >= 4 is 5.69 Å².